The van der Waals surface area contributed by atoms with Crippen LogP contribution >= 0.6 is 0 Å². The fraction of sp³-hybridized carbons (Fsp3) is 0.211. The first-order chi connectivity index (χ1) is 13.5. The lowest BCUT2D eigenvalue weighted by atomic mass is 10.2. The highest BCUT2D eigenvalue weighted by Gasteiger charge is 2.33. The van der Waals surface area contributed by atoms with Gasteiger partial charge in [-0.1, -0.05) is 30.3 Å². The van der Waals surface area contributed by atoms with Gasteiger partial charge in [0.05, 0.1) is 10.4 Å². The molecular formula is C19H18N4O4S. The van der Waals surface area contributed by atoms with Crippen LogP contribution in [0.3, 0.4) is 0 Å². The minimum atomic E-state index is -3.93. The summed E-state index contributed by atoms with van der Waals surface area (Å²) < 4.78 is 27.1. The Labute approximate surface area is 162 Å². The van der Waals surface area contributed by atoms with Crippen LogP contribution in [0.1, 0.15) is 0 Å². The first-order valence-electron chi connectivity index (χ1n) is 8.81. The summed E-state index contributed by atoms with van der Waals surface area (Å²) in [5, 5.41) is 12.2. The monoisotopic (exact) mass is 398 g/mol. The minimum absolute atomic E-state index is 0.239. The molecule has 9 heteroatoms. The van der Waals surface area contributed by atoms with Crippen LogP contribution in [0.15, 0.2) is 65.6 Å². The Morgan fingerprint density at radius 2 is 1.57 bits per heavy atom. The summed E-state index contributed by atoms with van der Waals surface area (Å²) in [6, 6.07) is 17.2. The van der Waals surface area contributed by atoms with Crippen molar-refractivity contribution >= 4 is 32.4 Å². The standard InChI is InChI=1S/C19H18N4O4S/c24-23(25)17-7-3-4-8-18(17)28(26,27)22-13-11-21(12-14-22)19-10-9-15-5-1-2-6-16(15)20-19/h1-10H,11-14H2. The Morgan fingerprint density at radius 1 is 0.893 bits per heavy atom. The highest BCUT2D eigenvalue weighted by molar-refractivity contribution is 7.89. The molecule has 4 rings (SSSR count). The van der Waals surface area contributed by atoms with Crippen LogP contribution in [0, 0.1) is 10.1 Å². The number of hydrogen-bond acceptors (Lipinski definition) is 6. The van der Waals surface area contributed by atoms with E-state index in [2.05, 4.69) is 4.98 Å². The van der Waals surface area contributed by atoms with Gasteiger partial charge in [-0.25, -0.2) is 13.4 Å². The molecule has 1 saturated heterocycles. The van der Waals surface area contributed by atoms with Crippen molar-refractivity contribution in [2.24, 2.45) is 0 Å². The van der Waals surface area contributed by atoms with Crippen LogP contribution < -0.4 is 4.90 Å². The molecule has 2 heterocycles. The van der Waals surface area contributed by atoms with Crippen molar-refractivity contribution in [2.45, 2.75) is 4.90 Å². The van der Waals surface area contributed by atoms with Gasteiger partial charge in [-0.2, -0.15) is 4.31 Å². The number of pyridine rings is 1. The van der Waals surface area contributed by atoms with Crippen molar-refractivity contribution in [3.8, 4) is 0 Å². The van der Waals surface area contributed by atoms with Crippen molar-refractivity contribution in [1.29, 1.82) is 0 Å². The average molecular weight is 398 g/mol. The second-order valence-corrected chi connectivity index (χ2v) is 8.38. The van der Waals surface area contributed by atoms with Crippen molar-refractivity contribution in [3.63, 3.8) is 0 Å². The van der Waals surface area contributed by atoms with Gasteiger partial charge in [0.1, 0.15) is 5.82 Å². The summed E-state index contributed by atoms with van der Waals surface area (Å²) in [7, 11) is -3.93. The van der Waals surface area contributed by atoms with E-state index >= 15 is 0 Å². The van der Waals surface area contributed by atoms with Crippen LogP contribution in [-0.2, 0) is 10.0 Å². The molecule has 0 aliphatic carbocycles. The van der Waals surface area contributed by atoms with Gasteiger partial charge in [-0.15, -0.1) is 0 Å². The zero-order valence-corrected chi connectivity index (χ0v) is 15.7. The van der Waals surface area contributed by atoms with Crippen LogP contribution in [0.4, 0.5) is 11.5 Å². The normalized spacial score (nSPS) is 15.6. The molecule has 0 saturated carbocycles. The van der Waals surface area contributed by atoms with E-state index in [-0.39, 0.29) is 18.0 Å². The molecule has 0 spiro atoms. The lowest BCUT2D eigenvalue weighted by molar-refractivity contribution is -0.387. The molecule has 2 aromatic carbocycles. The predicted octanol–water partition coefficient (Wildman–Crippen LogP) is 2.65. The predicted molar refractivity (Wildman–Crippen MR) is 106 cm³/mol. The van der Waals surface area contributed by atoms with Gasteiger partial charge >= 0.3 is 0 Å². The van der Waals surface area contributed by atoms with E-state index in [1.165, 1.54) is 28.6 Å². The number of para-hydroxylation sites is 2. The lowest BCUT2D eigenvalue weighted by Gasteiger charge is -2.34. The molecule has 8 nitrogen and oxygen atoms in total. The van der Waals surface area contributed by atoms with Gasteiger partial charge in [-0.05, 0) is 24.3 Å². The highest BCUT2D eigenvalue weighted by Crippen LogP contribution is 2.27. The molecule has 0 bridgehead atoms. The molecule has 0 N–H and O–H groups in total. The maximum atomic E-state index is 12.9. The van der Waals surface area contributed by atoms with E-state index in [4.69, 9.17) is 0 Å². The second kappa shape index (κ2) is 7.17. The Hall–Kier alpha value is -3.04. The van der Waals surface area contributed by atoms with Gasteiger partial charge in [0.15, 0.2) is 4.90 Å². The summed E-state index contributed by atoms with van der Waals surface area (Å²) in [6.07, 6.45) is 0. The van der Waals surface area contributed by atoms with Crippen LogP contribution in [-0.4, -0.2) is 48.8 Å². The number of aromatic nitrogens is 1. The molecule has 0 radical (unpaired) electrons. The van der Waals surface area contributed by atoms with Crippen LogP contribution in [0.2, 0.25) is 0 Å². The number of anilines is 1. The average Bonchev–Trinajstić information content (AvgIpc) is 2.73. The number of nitro benzene ring substituents is 1. The Morgan fingerprint density at radius 3 is 2.32 bits per heavy atom. The maximum Gasteiger partial charge on any atom is 0.289 e. The highest BCUT2D eigenvalue weighted by atomic mass is 32.2. The molecule has 0 amide bonds. The molecule has 1 aliphatic heterocycles. The number of benzene rings is 2. The number of sulfonamides is 1. The molecule has 3 aromatic rings. The first kappa shape index (κ1) is 18.3. The van der Waals surface area contributed by atoms with E-state index < -0.39 is 20.6 Å². The minimum Gasteiger partial charge on any atom is -0.354 e. The molecule has 1 fully saturated rings. The summed E-state index contributed by atoms with van der Waals surface area (Å²) in [5.41, 5.74) is 0.482. The summed E-state index contributed by atoms with van der Waals surface area (Å²) in [4.78, 5) is 16.9. The first-order valence-corrected chi connectivity index (χ1v) is 10.2. The number of nitrogens with zero attached hydrogens (tertiary/aromatic N) is 4. The second-order valence-electron chi connectivity index (χ2n) is 6.48. The van der Waals surface area contributed by atoms with Gasteiger partial charge in [0.25, 0.3) is 5.69 Å². The van der Waals surface area contributed by atoms with E-state index in [0.29, 0.717) is 13.1 Å². The van der Waals surface area contributed by atoms with E-state index in [1.54, 1.807) is 0 Å². The topological polar surface area (TPSA) is 96.6 Å². The third-order valence-corrected chi connectivity index (χ3v) is 6.77. The van der Waals surface area contributed by atoms with Crippen molar-refractivity contribution in [3.05, 3.63) is 70.8 Å². The third-order valence-electron chi connectivity index (χ3n) is 4.83. The Kier molecular flexibility index (Phi) is 4.70. The number of piperazine rings is 1. The summed E-state index contributed by atoms with van der Waals surface area (Å²) >= 11 is 0. The summed E-state index contributed by atoms with van der Waals surface area (Å²) in [6.45, 7) is 1.40. The molecule has 28 heavy (non-hydrogen) atoms. The number of rotatable bonds is 4. The van der Waals surface area contributed by atoms with Crippen LogP contribution in [0.25, 0.3) is 10.9 Å². The van der Waals surface area contributed by atoms with Gasteiger partial charge < -0.3 is 4.90 Å². The number of nitro groups is 1. The van der Waals surface area contributed by atoms with Crippen molar-refractivity contribution in [2.75, 3.05) is 31.1 Å². The molecule has 1 aromatic heterocycles. The molecule has 0 atom stereocenters. The van der Waals surface area contributed by atoms with Crippen molar-refractivity contribution in [1.82, 2.24) is 9.29 Å². The molecule has 0 unspecified atom stereocenters. The van der Waals surface area contributed by atoms with E-state index in [9.17, 15) is 18.5 Å². The maximum absolute atomic E-state index is 12.9. The fourth-order valence-corrected chi connectivity index (χ4v) is 4.93. The molecule has 144 valence electrons. The largest absolute Gasteiger partial charge is 0.354 e. The number of fused-ring (bicyclic) bond motifs is 1. The van der Waals surface area contributed by atoms with E-state index in [0.717, 1.165) is 16.7 Å². The SMILES string of the molecule is O=[N+]([O-])c1ccccc1S(=O)(=O)N1CCN(c2ccc3ccccc3n2)CC1. The van der Waals surface area contributed by atoms with Gasteiger partial charge in [-0.3, -0.25) is 10.1 Å². The van der Waals surface area contributed by atoms with Crippen LogP contribution in [0.5, 0.6) is 0 Å². The lowest BCUT2D eigenvalue weighted by Crippen LogP contribution is -2.49. The van der Waals surface area contributed by atoms with Gasteiger partial charge in [0.2, 0.25) is 10.0 Å². The Bertz CT molecular complexity index is 1140. The third kappa shape index (κ3) is 3.30. The van der Waals surface area contributed by atoms with E-state index in [1.807, 2.05) is 41.3 Å². The van der Waals surface area contributed by atoms with Crippen molar-refractivity contribution < 1.29 is 13.3 Å². The fourth-order valence-electron chi connectivity index (χ4n) is 3.35. The zero-order chi connectivity index (χ0) is 19.7. The Balaban J connectivity index is 1.54. The summed E-state index contributed by atoms with van der Waals surface area (Å²) in [5.74, 6) is 0.793. The quantitative estimate of drug-likeness (QED) is 0.495. The molecule has 1 aliphatic rings. The number of hydrogen-bond donors (Lipinski definition) is 0. The smallest absolute Gasteiger partial charge is 0.289 e. The zero-order valence-electron chi connectivity index (χ0n) is 14.9. The molecular weight excluding hydrogens is 380 g/mol. The van der Waals surface area contributed by atoms with Gasteiger partial charge in [0, 0.05) is 37.6 Å².